The molecule has 4 nitrogen and oxygen atoms in total. The first-order valence-corrected chi connectivity index (χ1v) is 7.56. The molecule has 18 heavy (non-hydrogen) atoms. The summed E-state index contributed by atoms with van der Waals surface area (Å²) in [6, 6.07) is 0.686. The Morgan fingerprint density at radius 2 is 1.89 bits per heavy atom. The lowest BCUT2D eigenvalue weighted by Crippen LogP contribution is -2.40. The van der Waals surface area contributed by atoms with Gasteiger partial charge in [-0.1, -0.05) is 0 Å². The molecule has 0 aliphatic carbocycles. The van der Waals surface area contributed by atoms with Crippen LogP contribution in [-0.4, -0.2) is 75.4 Å². The highest BCUT2D eigenvalue weighted by Gasteiger charge is 2.13. The summed E-state index contributed by atoms with van der Waals surface area (Å²) < 4.78 is 5.37. The second kappa shape index (κ2) is 8.10. The van der Waals surface area contributed by atoms with E-state index in [0.717, 1.165) is 26.3 Å². The van der Waals surface area contributed by atoms with Gasteiger partial charge in [0.15, 0.2) is 0 Å². The fourth-order valence-corrected chi connectivity index (χ4v) is 2.79. The number of hydrogen-bond acceptors (Lipinski definition) is 4. The predicted octanol–water partition coefficient (Wildman–Crippen LogP) is 0.783. The number of nitrogens with one attached hydrogen (secondary N) is 1. The number of likely N-dealkylation sites (N-methyl/N-ethyl adjacent to an activating group) is 1. The molecular formula is C14H29N3O. The zero-order valence-electron chi connectivity index (χ0n) is 11.9. The maximum Gasteiger partial charge on any atom is 0.0480 e. The largest absolute Gasteiger partial charge is 0.381 e. The van der Waals surface area contributed by atoms with Crippen molar-refractivity contribution in [3.05, 3.63) is 0 Å². The van der Waals surface area contributed by atoms with Crippen molar-refractivity contribution in [1.82, 2.24) is 15.1 Å². The summed E-state index contributed by atoms with van der Waals surface area (Å²) in [4.78, 5) is 5.03. The topological polar surface area (TPSA) is 27.7 Å². The molecule has 0 spiro atoms. The molecule has 2 fully saturated rings. The summed E-state index contributed by atoms with van der Waals surface area (Å²) in [5, 5.41) is 3.65. The van der Waals surface area contributed by atoms with Gasteiger partial charge in [-0.3, -0.25) is 0 Å². The summed E-state index contributed by atoms with van der Waals surface area (Å²) in [6.07, 6.45) is 5.15. The van der Waals surface area contributed by atoms with Crippen molar-refractivity contribution in [3.63, 3.8) is 0 Å². The van der Waals surface area contributed by atoms with Gasteiger partial charge in [-0.2, -0.15) is 0 Å². The summed E-state index contributed by atoms with van der Waals surface area (Å²) in [5.74, 6) is 0. The van der Waals surface area contributed by atoms with Gasteiger partial charge in [0.05, 0.1) is 0 Å². The van der Waals surface area contributed by atoms with Crippen LogP contribution in [0.3, 0.4) is 0 Å². The third kappa shape index (κ3) is 5.22. The van der Waals surface area contributed by atoms with Gasteiger partial charge < -0.3 is 19.9 Å². The Bertz CT molecular complexity index is 213. The number of ether oxygens (including phenoxy) is 1. The van der Waals surface area contributed by atoms with E-state index in [9.17, 15) is 0 Å². The fraction of sp³-hybridized carbons (Fsp3) is 1.00. The molecule has 2 aliphatic rings. The van der Waals surface area contributed by atoms with E-state index in [2.05, 4.69) is 22.2 Å². The maximum atomic E-state index is 5.37. The molecule has 0 aromatic heterocycles. The average molecular weight is 255 g/mol. The lowest BCUT2D eigenvalue weighted by atomic mass is 10.1. The Hall–Kier alpha value is -0.160. The molecule has 2 saturated heterocycles. The van der Waals surface area contributed by atoms with Crippen LogP contribution in [0.1, 0.15) is 25.7 Å². The summed E-state index contributed by atoms with van der Waals surface area (Å²) >= 11 is 0. The van der Waals surface area contributed by atoms with Gasteiger partial charge in [0.2, 0.25) is 0 Å². The van der Waals surface area contributed by atoms with Gasteiger partial charge in [-0.05, 0) is 45.8 Å². The molecular weight excluding hydrogens is 226 g/mol. The SMILES string of the molecule is CN(CCNC1CCOCC1)CCN1CCCC1. The van der Waals surface area contributed by atoms with Gasteiger partial charge in [0.1, 0.15) is 0 Å². The minimum atomic E-state index is 0.686. The minimum absolute atomic E-state index is 0.686. The average Bonchev–Trinajstić information content (AvgIpc) is 2.91. The van der Waals surface area contributed by atoms with Gasteiger partial charge >= 0.3 is 0 Å². The Morgan fingerprint density at radius 1 is 1.17 bits per heavy atom. The number of likely N-dealkylation sites (tertiary alicyclic amines) is 1. The van der Waals surface area contributed by atoms with E-state index in [4.69, 9.17) is 4.74 Å². The van der Waals surface area contributed by atoms with Crippen molar-refractivity contribution >= 4 is 0 Å². The lowest BCUT2D eigenvalue weighted by molar-refractivity contribution is 0.0774. The normalized spacial score (nSPS) is 23.0. The minimum Gasteiger partial charge on any atom is -0.381 e. The van der Waals surface area contributed by atoms with Crippen molar-refractivity contribution in [2.24, 2.45) is 0 Å². The van der Waals surface area contributed by atoms with Crippen LogP contribution in [0.25, 0.3) is 0 Å². The van der Waals surface area contributed by atoms with Crippen LogP contribution in [0.5, 0.6) is 0 Å². The monoisotopic (exact) mass is 255 g/mol. The molecule has 0 aromatic carbocycles. The first-order chi connectivity index (χ1) is 8.84. The van der Waals surface area contributed by atoms with Crippen LogP contribution in [0.15, 0.2) is 0 Å². The van der Waals surface area contributed by atoms with E-state index in [0.29, 0.717) is 6.04 Å². The maximum absolute atomic E-state index is 5.37. The van der Waals surface area contributed by atoms with E-state index >= 15 is 0 Å². The molecule has 106 valence electrons. The number of hydrogen-bond donors (Lipinski definition) is 1. The summed E-state index contributed by atoms with van der Waals surface area (Å²) in [5.41, 5.74) is 0. The van der Waals surface area contributed by atoms with Crippen molar-refractivity contribution in [3.8, 4) is 0 Å². The highest BCUT2D eigenvalue weighted by Crippen LogP contribution is 2.07. The third-order valence-corrected chi connectivity index (χ3v) is 4.14. The second-order valence-electron chi connectivity index (χ2n) is 5.69. The van der Waals surface area contributed by atoms with Crippen LogP contribution in [0, 0.1) is 0 Å². The van der Waals surface area contributed by atoms with Crippen molar-refractivity contribution in [2.45, 2.75) is 31.7 Å². The Morgan fingerprint density at radius 3 is 2.61 bits per heavy atom. The van der Waals surface area contributed by atoms with Crippen LogP contribution in [-0.2, 0) is 4.74 Å². The molecule has 0 radical (unpaired) electrons. The van der Waals surface area contributed by atoms with E-state index in [1.807, 2.05) is 0 Å². The molecule has 2 heterocycles. The molecule has 0 bridgehead atoms. The summed E-state index contributed by atoms with van der Waals surface area (Å²) in [7, 11) is 2.24. The van der Waals surface area contributed by atoms with Gasteiger partial charge in [-0.15, -0.1) is 0 Å². The number of nitrogens with zero attached hydrogens (tertiary/aromatic N) is 2. The van der Waals surface area contributed by atoms with Crippen molar-refractivity contribution in [1.29, 1.82) is 0 Å². The van der Waals surface area contributed by atoms with E-state index in [1.165, 1.54) is 51.9 Å². The molecule has 2 aliphatic heterocycles. The van der Waals surface area contributed by atoms with Gasteiger partial charge in [0, 0.05) is 45.4 Å². The van der Waals surface area contributed by atoms with Crippen molar-refractivity contribution in [2.75, 3.05) is 59.5 Å². The zero-order valence-corrected chi connectivity index (χ0v) is 11.9. The fourth-order valence-electron chi connectivity index (χ4n) is 2.79. The van der Waals surface area contributed by atoms with Gasteiger partial charge in [0.25, 0.3) is 0 Å². The zero-order chi connectivity index (χ0) is 12.6. The van der Waals surface area contributed by atoms with Crippen LogP contribution in [0.4, 0.5) is 0 Å². The van der Waals surface area contributed by atoms with Crippen LogP contribution >= 0.6 is 0 Å². The van der Waals surface area contributed by atoms with E-state index in [-0.39, 0.29) is 0 Å². The molecule has 0 amide bonds. The van der Waals surface area contributed by atoms with Gasteiger partial charge in [-0.25, -0.2) is 0 Å². The molecule has 1 N–H and O–H groups in total. The number of rotatable bonds is 7. The van der Waals surface area contributed by atoms with Crippen molar-refractivity contribution < 1.29 is 4.74 Å². The Kier molecular flexibility index (Phi) is 6.41. The first-order valence-electron chi connectivity index (χ1n) is 7.56. The Balaban J connectivity index is 1.47. The van der Waals surface area contributed by atoms with E-state index in [1.54, 1.807) is 0 Å². The van der Waals surface area contributed by atoms with Crippen LogP contribution in [0.2, 0.25) is 0 Å². The van der Waals surface area contributed by atoms with E-state index < -0.39 is 0 Å². The molecule has 0 unspecified atom stereocenters. The lowest BCUT2D eigenvalue weighted by Gasteiger charge is -2.25. The molecule has 4 heteroatoms. The third-order valence-electron chi connectivity index (χ3n) is 4.14. The second-order valence-corrected chi connectivity index (χ2v) is 5.69. The molecule has 0 saturated carbocycles. The molecule has 0 atom stereocenters. The Labute approximate surface area is 112 Å². The smallest absolute Gasteiger partial charge is 0.0480 e. The highest BCUT2D eigenvalue weighted by atomic mass is 16.5. The van der Waals surface area contributed by atoms with Crippen LogP contribution < -0.4 is 5.32 Å². The highest BCUT2D eigenvalue weighted by molar-refractivity contribution is 4.71. The summed E-state index contributed by atoms with van der Waals surface area (Å²) in [6.45, 7) is 9.21. The molecule has 2 rings (SSSR count). The standard InChI is InChI=1S/C14H29N3O/c1-16(10-11-17-7-2-3-8-17)9-6-15-14-4-12-18-13-5-14/h14-15H,2-13H2,1H3. The quantitative estimate of drug-likeness (QED) is 0.728. The molecule has 0 aromatic rings. The predicted molar refractivity (Wildman–Crippen MR) is 75.0 cm³/mol. The first kappa shape index (κ1) is 14.3.